The maximum Gasteiger partial charge on any atom is 0.333 e. The minimum atomic E-state index is -0.417. The van der Waals surface area contributed by atoms with Crippen LogP contribution in [0, 0.1) is 0 Å². The van der Waals surface area contributed by atoms with E-state index in [0.29, 0.717) is 5.57 Å². The normalized spacial score (nSPS) is 11.9. The third kappa shape index (κ3) is 5.83. The first-order chi connectivity index (χ1) is 11.1. The summed E-state index contributed by atoms with van der Waals surface area (Å²) in [7, 11) is 0. The van der Waals surface area contributed by atoms with Gasteiger partial charge in [0, 0.05) is 5.57 Å². The number of rotatable bonds is 7. The molecule has 0 aliphatic heterocycles. The molecule has 0 aliphatic carbocycles. The molecule has 3 nitrogen and oxygen atoms in total. The standard InChI is InChI=1S/C20H20O3/c1-16(2)20(21)22-15-19(23-18-11-7-4-8-12-18)14-13-17-9-5-3-6-10-17/h3-14,19H,1,15H2,2H3. The maximum atomic E-state index is 11.6. The fourth-order valence-electron chi connectivity index (χ4n) is 1.87. The molecule has 0 amide bonds. The zero-order chi connectivity index (χ0) is 16.5. The fourth-order valence-corrected chi connectivity index (χ4v) is 1.87. The molecule has 2 rings (SSSR count). The van der Waals surface area contributed by atoms with Crippen LogP contribution in [0.15, 0.2) is 78.9 Å². The first-order valence-corrected chi connectivity index (χ1v) is 7.43. The minimum Gasteiger partial charge on any atom is -0.483 e. The SMILES string of the molecule is C=C(C)C(=O)OCC(C=Cc1ccccc1)Oc1ccccc1. The summed E-state index contributed by atoms with van der Waals surface area (Å²) >= 11 is 0. The molecular formula is C20H20O3. The van der Waals surface area contributed by atoms with Crippen molar-refractivity contribution in [2.45, 2.75) is 13.0 Å². The van der Waals surface area contributed by atoms with Gasteiger partial charge < -0.3 is 9.47 Å². The van der Waals surface area contributed by atoms with Gasteiger partial charge in [0.15, 0.2) is 6.10 Å². The average molecular weight is 308 g/mol. The van der Waals surface area contributed by atoms with E-state index < -0.39 is 5.97 Å². The molecule has 0 spiro atoms. The number of para-hydroxylation sites is 1. The van der Waals surface area contributed by atoms with Gasteiger partial charge in [-0.05, 0) is 30.7 Å². The average Bonchev–Trinajstić information content (AvgIpc) is 2.58. The summed E-state index contributed by atoms with van der Waals surface area (Å²) < 4.78 is 11.1. The Labute approximate surface area is 136 Å². The lowest BCUT2D eigenvalue weighted by Gasteiger charge is -2.16. The van der Waals surface area contributed by atoms with Crippen LogP contribution in [0.1, 0.15) is 12.5 Å². The molecule has 0 fully saturated rings. The number of esters is 1. The fraction of sp³-hybridized carbons (Fsp3) is 0.150. The number of hydrogen-bond donors (Lipinski definition) is 0. The van der Waals surface area contributed by atoms with Crippen molar-refractivity contribution in [2.75, 3.05) is 6.61 Å². The van der Waals surface area contributed by atoms with E-state index in [1.165, 1.54) is 0 Å². The lowest BCUT2D eigenvalue weighted by Crippen LogP contribution is -2.23. The van der Waals surface area contributed by atoms with Crippen LogP contribution in [0.3, 0.4) is 0 Å². The van der Waals surface area contributed by atoms with Crippen LogP contribution in [0.2, 0.25) is 0 Å². The van der Waals surface area contributed by atoms with Gasteiger partial charge in [-0.1, -0.05) is 61.2 Å². The van der Waals surface area contributed by atoms with Crippen LogP contribution < -0.4 is 4.74 Å². The molecule has 0 heterocycles. The van der Waals surface area contributed by atoms with Crippen LogP contribution in [0.4, 0.5) is 0 Å². The van der Waals surface area contributed by atoms with Crippen molar-refractivity contribution in [3.63, 3.8) is 0 Å². The Hall–Kier alpha value is -2.81. The van der Waals surface area contributed by atoms with Gasteiger partial charge in [0.05, 0.1) is 0 Å². The van der Waals surface area contributed by atoms with Crippen LogP contribution in [0.5, 0.6) is 5.75 Å². The third-order valence-corrected chi connectivity index (χ3v) is 3.06. The van der Waals surface area contributed by atoms with Crippen LogP contribution >= 0.6 is 0 Å². The van der Waals surface area contributed by atoms with Crippen molar-refractivity contribution in [1.82, 2.24) is 0 Å². The largest absolute Gasteiger partial charge is 0.483 e. The van der Waals surface area contributed by atoms with E-state index in [0.717, 1.165) is 11.3 Å². The summed E-state index contributed by atoms with van der Waals surface area (Å²) in [6, 6.07) is 19.3. The molecule has 0 radical (unpaired) electrons. The predicted molar refractivity (Wildman–Crippen MR) is 92.1 cm³/mol. The first-order valence-electron chi connectivity index (χ1n) is 7.43. The Bertz CT molecular complexity index is 660. The Morgan fingerprint density at radius 2 is 1.70 bits per heavy atom. The number of carbonyl (C=O) groups is 1. The molecule has 2 aromatic rings. The smallest absolute Gasteiger partial charge is 0.333 e. The lowest BCUT2D eigenvalue weighted by molar-refractivity contribution is -0.140. The first kappa shape index (κ1) is 16.6. The van der Waals surface area contributed by atoms with E-state index in [-0.39, 0.29) is 12.7 Å². The van der Waals surface area contributed by atoms with Gasteiger partial charge in [0.1, 0.15) is 12.4 Å². The van der Waals surface area contributed by atoms with Crippen molar-refractivity contribution in [3.8, 4) is 5.75 Å². The molecule has 0 aromatic heterocycles. The van der Waals surface area contributed by atoms with Gasteiger partial charge in [-0.15, -0.1) is 0 Å². The highest BCUT2D eigenvalue weighted by Crippen LogP contribution is 2.13. The highest BCUT2D eigenvalue weighted by Gasteiger charge is 2.11. The van der Waals surface area contributed by atoms with Crippen molar-refractivity contribution < 1.29 is 14.3 Å². The Morgan fingerprint density at radius 1 is 1.09 bits per heavy atom. The van der Waals surface area contributed by atoms with Gasteiger partial charge in [-0.3, -0.25) is 0 Å². The molecule has 1 atom stereocenters. The molecule has 1 unspecified atom stereocenters. The second-order valence-electron chi connectivity index (χ2n) is 5.12. The molecule has 118 valence electrons. The molecule has 2 aromatic carbocycles. The highest BCUT2D eigenvalue weighted by atomic mass is 16.6. The number of carbonyl (C=O) groups excluding carboxylic acids is 1. The lowest BCUT2D eigenvalue weighted by atomic mass is 10.2. The van der Waals surface area contributed by atoms with Crippen molar-refractivity contribution in [3.05, 3.63) is 84.5 Å². The molecule has 3 heteroatoms. The van der Waals surface area contributed by atoms with Gasteiger partial charge in [-0.2, -0.15) is 0 Å². The number of ether oxygens (including phenoxy) is 2. The second kappa shape index (κ2) is 8.59. The van der Waals surface area contributed by atoms with Crippen LogP contribution in [0.25, 0.3) is 6.08 Å². The number of hydrogen-bond acceptors (Lipinski definition) is 3. The third-order valence-electron chi connectivity index (χ3n) is 3.06. The molecule has 0 saturated heterocycles. The van der Waals surface area contributed by atoms with Gasteiger partial charge >= 0.3 is 5.97 Å². The van der Waals surface area contributed by atoms with Crippen LogP contribution in [-0.2, 0) is 9.53 Å². The van der Waals surface area contributed by atoms with E-state index in [1.807, 2.05) is 72.8 Å². The second-order valence-corrected chi connectivity index (χ2v) is 5.12. The van der Waals surface area contributed by atoms with E-state index in [9.17, 15) is 4.79 Å². The van der Waals surface area contributed by atoms with Gasteiger partial charge in [-0.25, -0.2) is 4.79 Å². The summed E-state index contributed by atoms with van der Waals surface area (Å²) in [4.78, 5) is 11.6. The predicted octanol–water partition coefficient (Wildman–Crippen LogP) is 4.27. The van der Waals surface area contributed by atoms with Crippen molar-refractivity contribution in [1.29, 1.82) is 0 Å². The molecular weight excluding hydrogens is 288 g/mol. The maximum absolute atomic E-state index is 11.6. The van der Waals surface area contributed by atoms with E-state index in [2.05, 4.69) is 6.58 Å². The molecule has 0 aliphatic rings. The van der Waals surface area contributed by atoms with Crippen LogP contribution in [-0.4, -0.2) is 18.7 Å². The Kier molecular flexibility index (Phi) is 6.18. The Balaban J connectivity index is 2.05. The highest BCUT2D eigenvalue weighted by molar-refractivity contribution is 5.86. The summed E-state index contributed by atoms with van der Waals surface area (Å²) in [6.07, 6.45) is 3.46. The quantitative estimate of drug-likeness (QED) is 0.566. The molecule has 0 saturated carbocycles. The monoisotopic (exact) mass is 308 g/mol. The summed E-state index contributed by atoms with van der Waals surface area (Å²) in [6.45, 7) is 5.33. The minimum absolute atomic E-state index is 0.129. The van der Waals surface area contributed by atoms with E-state index >= 15 is 0 Å². The van der Waals surface area contributed by atoms with Crippen molar-refractivity contribution >= 4 is 12.0 Å². The summed E-state index contributed by atoms with van der Waals surface area (Å²) in [5.74, 6) is 0.307. The molecule has 23 heavy (non-hydrogen) atoms. The molecule has 0 N–H and O–H groups in total. The zero-order valence-corrected chi connectivity index (χ0v) is 13.1. The van der Waals surface area contributed by atoms with Crippen molar-refractivity contribution in [2.24, 2.45) is 0 Å². The molecule has 0 bridgehead atoms. The zero-order valence-electron chi connectivity index (χ0n) is 13.1. The van der Waals surface area contributed by atoms with E-state index in [4.69, 9.17) is 9.47 Å². The number of benzene rings is 2. The Morgan fingerprint density at radius 3 is 2.30 bits per heavy atom. The topological polar surface area (TPSA) is 35.5 Å². The van der Waals surface area contributed by atoms with E-state index in [1.54, 1.807) is 6.92 Å². The summed E-state index contributed by atoms with van der Waals surface area (Å²) in [5, 5.41) is 0. The van der Waals surface area contributed by atoms with Gasteiger partial charge in [0.2, 0.25) is 0 Å². The summed E-state index contributed by atoms with van der Waals surface area (Å²) in [5.41, 5.74) is 1.43. The van der Waals surface area contributed by atoms with Gasteiger partial charge in [0.25, 0.3) is 0 Å².